The molecule has 0 radical (unpaired) electrons. The van der Waals surface area contributed by atoms with E-state index in [1.54, 1.807) is 25.3 Å². The standard InChI is InChI=1S/C14H20ClNO3/c1-10(4-3-7-17)16-14(18)9-11-8-12(15)5-6-13(11)19-2/h5-6,8,10,17H,3-4,7,9H2,1-2H3,(H,16,18). The molecule has 1 unspecified atom stereocenters. The lowest BCUT2D eigenvalue weighted by Gasteiger charge is -2.14. The number of nitrogens with one attached hydrogen (secondary N) is 1. The summed E-state index contributed by atoms with van der Waals surface area (Å²) in [5.74, 6) is 0.577. The fourth-order valence-corrected chi connectivity index (χ4v) is 2.05. The first-order chi connectivity index (χ1) is 9.06. The number of hydrogen-bond donors (Lipinski definition) is 2. The van der Waals surface area contributed by atoms with Crippen LogP contribution in [0.25, 0.3) is 0 Å². The van der Waals surface area contributed by atoms with Crippen LogP contribution in [-0.4, -0.2) is 30.8 Å². The number of carbonyl (C=O) groups is 1. The lowest BCUT2D eigenvalue weighted by molar-refractivity contribution is -0.121. The van der Waals surface area contributed by atoms with Crippen LogP contribution in [0.3, 0.4) is 0 Å². The third-order valence-corrected chi connectivity index (χ3v) is 3.03. The summed E-state index contributed by atoms with van der Waals surface area (Å²) in [6.45, 7) is 2.06. The quantitative estimate of drug-likeness (QED) is 0.807. The molecule has 1 aromatic carbocycles. The number of halogens is 1. The molecule has 19 heavy (non-hydrogen) atoms. The number of rotatable bonds is 7. The van der Waals surface area contributed by atoms with Gasteiger partial charge in [0.05, 0.1) is 13.5 Å². The molecule has 0 saturated heterocycles. The van der Waals surface area contributed by atoms with Crippen LogP contribution in [0.2, 0.25) is 5.02 Å². The molecule has 0 aliphatic carbocycles. The van der Waals surface area contributed by atoms with Gasteiger partial charge in [0, 0.05) is 23.2 Å². The summed E-state index contributed by atoms with van der Waals surface area (Å²) in [6, 6.07) is 5.26. The minimum absolute atomic E-state index is 0.0461. The highest BCUT2D eigenvalue weighted by molar-refractivity contribution is 6.30. The highest BCUT2D eigenvalue weighted by Gasteiger charge is 2.11. The highest BCUT2D eigenvalue weighted by Crippen LogP contribution is 2.23. The monoisotopic (exact) mass is 285 g/mol. The lowest BCUT2D eigenvalue weighted by atomic mass is 10.1. The van der Waals surface area contributed by atoms with Crippen LogP contribution >= 0.6 is 11.6 Å². The Labute approximate surface area is 118 Å². The summed E-state index contributed by atoms with van der Waals surface area (Å²) >= 11 is 5.92. The average molecular weight is 286 g/mol. The number of aliphatic hydroxyl groups excluding tert-OH is 1. The van der Waals surface area contributed by atoms with Crippen molar-refractivity contribution in [2.24, 2.45) is 0 Å². The van der Waals surface area contributed by atoms with Gasteiger partial charge in [0.15, 0.2) is 0 Å². The number of carbonyl (C=O) groups excluding carboxylic acids is 1. The van der Waals surface area contributed by atoms with Gasteiger partial charge in [0.1, 0.15) is 5.75 Å². The summed E-state index contributed by atoms with van der Waals surface area (Å²) in [4.78, 5) is 11.9. The summed E-state index contributed by atoms with van der Waals surface area (Å²) in [5.41, 5.74) is 0.766. The van der Waals surface area contributed by atoms with Gasteiger partial charge in [0.2, 0.25) is 5.91 Å². The second-order valence-corrected chi connectivity index (χ2v) is 4.90. The van der Waals surface area contributed by atoms with Crippen molar-refractivity contribution in [1.82, 2.24) is 5.32 Å². The molecule has 5 heteroatoms. The topological polar surface area (TPSA) is 58.6 Å². The summed E-state index contributed by atoms with van der Waals surface area (Å²) in [6.07, 6.45) is 1.67. The van der Waals surface area contributed by atoms with Gasteiger partial charge < -0.3 is 15.2 Å². The number of amides is 1. The maximum atomic E-state index is 11.9. The average Bonchev–Trinajstić information content (AvgIpc) is 2.36. The van der Waals surface area contributed by atoms with Crippen molar-refractivity contribution >= 4 is 17.5 Å². The summed E-state index contributed by atoms with van der Waals surface area (Å²) < 4.78 is 5.20. The predicted molar refractivity (Wildman–Crippen MR) is 75.6 cm³/mol. The molecule has 0 spiro atoms. The molecule has 0 aliphatic heterocycles. The number of aliphatic hydroxyl groups is 1. The van der Waals surface area contributed by atoms with Gasteiger partial charge in [0.25, 0.3) is 0 Å². The van der Waals surface area contributed by atoms with Crippen molar-refractivity contribution in [2.45, 2.75) is 32.2 Å². The van der Waals surface area contributed by atoms with E-state index < -0.39 is 0 Å². The van der Waals surface area contributed by atoms with Crippen molar-refractivity contribution < 1.29 is 14.6 Å². The number of benzene rings is 1. The molecular weight excluding hydrogens is 266 g/mol. The van der Waals surface area contributed by atoms with E-state index in [0.29, 0.717) is 17.2 Å². The van der Waals surface area contributed by atoms with Crippen molar-refractivity contribution in [2.75, 3.05) is 13.7 Å². The maximum absolute atomic E-state index is 11.9. The van der Waals surface area contributed by atoms with E-state index in [4.69, 9.17) is 21.4 Å². The Morgan fingerprint density at radius 3 is 2.89 bits per heavy atom. The predicted octanol–water partition coefficient (Wildman–Crippen LogP) is 2.17. The Balaban J connectivity index is 2.59. The van der Waals surface area contributed by atoms with Crippen LogP contribution in [0.5, 0.6) is 5.75 Å². The molecule has 1 aromatic rings. The minimum Gasteiger partial charge on any atom is -0.496 e. The first kappa shape index (κ1) is 15.8. The lowest BCUT2D eigenvalue weighted by Crippen LogP contribution is -2.33. The Kier molecular flexibility index (Phi) is 6.67. The normalized spacial score (nSPS) is 12.0. The van der Waals surface area contributed by atoms with Crippen LogP contribution in [0.1, 0.15) is 25.3 Å². The van der Waals surface area contributed by atoms with E-state index in [0.717, 1.165) is 12.0 Å². The van der Waals surface area contributed by atoms with Crippen molar-refractivity contribution in [3.05, 3.63) is 28.8 Å². The van der Waals surface area contributed by atoms with Gasteiger partial charge in [-0.2, -0.15) is 0 Å². The fourth-order valence-electron chi connectivity index (χ4n) is 1.85. The number of ether oxygens (including phenoxy) is 1. The zero-order valence-corrected chi connectivity index (χ0v) is 12.0. The first-order valence-corrected chi connectivity index (χ1v) is 6.67. The molecule has 0 bridgehead atoms. The first-order valence-electron chi connectivity index (χ1n) is 6.29. The number of methoxy groups -OCH3 is 1. The molecule has 0 aromatic heterocycles. The second kappa shape index (κ2) is 8.02. The maximum Gasteiger partial charge on any atom is 0.224 e. The Morgan fingerprint density at radius 2 is 2.26 bits per heavy atom. The van der Waals surface area contributed by atoms with Gasteiger partial charge in [-0.15, -0.1) is 0 Å². The Hall–Kier alpha value is -1.26. The van der Waals surface area contributed by atoms with E-state index in [2.05, 4.69) is 5.32 Å². The summed E-state index contributed by atoms with van der Waals surface area (Å²) in [5, 5.41) is 12.2. The molecule has 0 saturated carbocycles. The third-order valence-electron chi connectivity index (χ3n) is 2.80. The van der Waals surface area contributed by atoms with Crippen molar-refractivity contribution in [1.29, 1.82) is 0 Å². The molecule has 0 aliphatic rings. The van der Waals surface area contributed by atoms with Crippen LogP contribution < -0.4 is 10.1 Å². The fraction of sp³-hybridized carbons (Fsp3) is 0.500. The minimum atomic E-state index is -0.0778. The van der Waals surface area contributed by atoms with E-state index in [-0.39, 0.29) is 25.0 Å². The van der Waals surface area contributed by atoms with Crippen LogP contribution in [0, 0.1) is 0 Å². The molecule has 0 fully saturated rings. The van der Waals surface area contributed by atoms with E-state index in [9.17, 15) is 4.79 Å². The molecule has 1 amide bonds. The van der Waals surface area contributed by atoms with Crippen LogP contribution in [0.4, 0.5) is 0 Å². The van der Waals surface area contributed by atoms with Gasteiger partial charge in [-0.05, 0) is 38.0 Å². The Bertz CT molecular complexity index is 423. The molecule has 106 valence electrons. The van der Waals surface area contributed by atoms with Crippen molar-refractivity contribution in [3.63, 3.8) is 0 Å². The van der Waals surface area contributed by atoms with Crippen molar-refractivity contribution in [3.8, 4) is 5.75 Å². The molecule has 1 atom stereocenters. The van der Waals surface area contributed by atoms with Crippen LogP contribution in [-0.2, 0) is 11.2 Å². The molecule has 0 heterocycles. The molecular formula is C14H20ClNO3. The summed E-state index contributed by atoms with van der Waals surface area (Å²) in [7, 11) is 1.56. The highest BCUT2D eigenvalue weighted by atomic mass is 35.5. The van der Waals surface area contributed by atoms with E-state index in [1.165, 1.54) is 0 Å². The molecule has 2 N–H and O–H groups in total. The van der Waals surface area contributed by atoms with Gasteiger partial charge in [-0.25, -0.2) is 0 Å². The zero-order chi connectivity index (χ0) is 14.3. The Morgan fingerprint density at radius 1 is 1.53 bits per heavy atom. The molecule has 1 rings (SSSR count). The smallest absolute Gasteiger partial charge is 0.224 e. The van der Waals surface area contributed by atoms with Gasteiger partial charge in [-0.3, -0.25) is 4.79 Å². The van der Waals surface area contributed by atoms with E-state index >= 15 is 0 Å². The van der Waals surface area contributed by atoms with E-state index in [1.807, 2.05) is 6.92 Å². The third kappa shape index (κ3) is 5.49. The molecule has 4 nitrogen and oxygen atoms in total. The number of hydrogen-bond acceptors (Lipinski definition) is 3. The SMILES string of the molecule is COc1ccc(Cl)cc1CC(=O)NC(C)CCCO. The zero-order valence-electron chi connectivity index (χ0n) is 11.3. The van der Waals surface area contributed by atoms with Gasteiger partial charge in [-0.1, -0.05) is 11.6 Å². The van der Waals surface area contributed by atoms with Gasteiger partial charge >= 0.3 is 0 Å². The second-order valence-electron chi connectivity index (χ2n) is 4.47. The van der Waals surface area contributed by atoms with Crippen LogP contribution in [0.15, 0.2) is 18.2 Å². The largest absolute Gasteiger partial charge is 0.496 e.